The molecule has 0 spiro atoms. The molecule has 1 aromatic carbocycles. The molecule has 198 valence electrons. The van der Waals surface area contributed by atoms with Gasteiger partial charge in [0, 0.05) is 6.54 Å². The zero-order valence-corrected chi connectivity index (χ0v) is 23.4. The molecular formula is C24H28ClN5O5S2. The van der Waals surface area contributed by atoms with Gasteiger partial charge in [-0.1, -0.05) is 35.5 Å². The molecule has 1 atom stereocenters. The number of anilines is 1. The van der Waals surface area contributed by atoms with Crippen LogP contribution in [0.1, 0.15) is 65.2 Å². The van der Waals surface area contributed by atoms with Crippen LogP contribution in [0.5, 0.6) is 5.75 Å². The van der Waals surface area contributed by atoms with Crippen molar-refractivity contribution in [2.75, 3.05) is 11.1 Å². The lowest BCUT2D eigenvalue weighted by molar-refractivity contribution is -0.113. The monoisotopic (exact) mass is 565 g/mol. The number of nitrogens with zero attached hydrogens (tertiary/aromatic N) is 3. The van der Waals surface area contributed by atoms with E-state index < -0.39 is 23.9 Å². The van der Waals surface area contributed by atoms with Gasteiger partial charge in [0.25, 0.3) is 5.91 Å². The first-order chi connectivity index (χ1) is 17.5. The van der Waals surface area contributed by atoms with Gasteiger partial charge in [0.05, 0.1) is 27.3 Å². The number of thioether (sulfide) groups is 1. The molecule has 0 bridgehead atoms. The number of aromatic nitrogens is 3. The molecule has 13 heteroatoms. The highest BCUT2D eigenvalue weighted by molar-refractivity contribution is 7.99. The fourth-order valence-electron chi connectivity index (χ4n) is 3.44. The normalized spacial score (nSPS) is 11.9. The Balaban J connectivity index is 1.73. The van der Waals surface area contributed by atoms with Crippen LogP contribution in [0.3, 0.4) is 0 Å². The Kier molecular flexibility index (Phi) is 9.57. The quantitative estimate of drug-likeness (QED) is 0.248. The lowest BCUT2D eigenvalue weighted by Gasteiger charge is -2.16. The van der Waals surface area contributed by atoms with E-state index in [2.05, 4.69) is 15.5 Å². The molecule has 0 fully saturated rings. The summed E-state index contributed by atoms with van der Waals surface area (Å²) in [7, 11) is 0. The third-order valence-corrected chi connectivity index (χ3v) is 7.57. The Labute approximate surface area is 227 Å². The van der Waals surface area contributed by atoms with E-state index in [1.54, 1.807) is 32.9 Å². The largest absolute Gasteiger partial charge is 0.481 e. The number of hydrogen-bond donors (Lipinski definition) is 2. The van der Waals surface area contributed by atoms with Crippen LogP contribution in [-0.4, -0.2) is 44.4 Å². The Morgan fingerprint density at radius 3 is 2.54 bits per heavy atom. The zero-order valence-electron chi connectivity index (χ0n) is 21.0. The molecular weight excluding hydrogens is 538 g/mol. The molecule has 37 heavy (non-hydrogen) atoms. The lowest BCUT2D eigenvalue weighted by Crippen LogP contribution is -2.18. The second kappa shape index (κ2) is 12.4. The van der Waals surface area contributed by atoms with E-state index in [0.29, 0.717) is 33.9 Å². The average Bonchev–Trinajstić information content (AvgIpc) is 3.39. The summed E-state index contributed by atoms with van der Waals surface area (Å²) < 4.78 is 13.1. The van der Waals surface area contributed by atoms with Crippen LogP contribution in [0.25, 0.3) is 0 Å². The number of nitrogens with two attached hydrogens (primary N) is 1. The van der Waals surface area contributed by atoms with Crippen LogP contribution in [0.4, 0.5) is 5.00 Å². The van der Waals surface area contributed by atoms with Gasteiger partial charge in [-0.25, -0.2) is 4.79 Å². The van der Waals surface area contributed by atoms with Crippen molar-refractivity contribution < 1.29 is 23.9 Å². The summed E-state index contributed by atoms with van der Waals surface area (Å²) in [6, 6.07) is 7.15. The van der Waals surface area contributed by atoms with Gasteiger partial charge in [0.15, 0.2) is 17.1 Å². The minimum atomic E-state index is -0.687. The van der Waals surface area contributed by atoms with Gasteiger partial charge in [-0.15, -0.1) is 21.5 Å². The first-order valence-electron chi connectivity index (χ1n) is 11.4. The smallest absolute Gasteiger partial charge is 0.341 e. The van der Waals surface area contributed by atoms with Crippen molar-refractivity contribution in [3.63, 3.8) is 0 Å². The summed E-state index contributed by atoms with van der Waals surface area (Å²) in [5.74, 6) is -0.615. The molecule has 10 nitrogen and oxygen atoms in total. The van der Waals surface area contributed by atoms with Crippen molar-refractivity contribution in [2.24, 2.45) is 5.73 Å². The highest BCUT2D eigenvalue weighted by atomic mass is 35.5. The Bertz CT molecular complexity index is 1310. The number of carbonyl (C=O) groups excluding carboxylic acids is 3. The van der Waals surface area contributed by atoms with Crippen LogP contribution in [0, 0.1) is 6.92 Å². The number of benzene rings is 1. The maximum atomic E-state index is 12.8. The van der Waals surface area contributed by atoms with E-state index in [1.165, 1.54) is 11.8 Å². The average molecular weight is 566 g/mol. The number of halogens is 1. The standard InChI is InChI=1S/C24H28ClN5O5S2/c1-6-30-21(14(5)35-16-10-8-7-9-15(16)25)28-29-24(30)36-11-17(31)27-22-18(23(33)34-12(2)3)13(4)19(37-22)20(26)32/h7-10,12,14H,6,11H2,1-5H3,(H2,26,32)(H,27,31). The maximum Gasteiger partial charge on any atom is 0.341 e. The molecule has 0 aliphatic carbocycles. The van der Waals surface area contributed by atoms with Crippen LogP contribution >= 0.6 is 34.7 Å². The van der Waals surface area contributed by atoms with Gasteiger partial charge >= 0.3 is 5.97 Å². The SMILES string of the molecule is CCn1c(SCC(=O)Nc2sc(C(N)=O)c(C)c2C(=O)OC(C)C)nnc1C(C)Oc1ccccc1Cl. The van der Waals surface area contributed by atoms with Crippen LogP contribution in [0.15, 0.2) is 29.4 Å². The molecule has 2 amide bonds. The number of amides is 2. The summed E-state index contributed by atoms with van der Waals surface area (Å²) in [6.07, 6.45) is -0.812. The molecule has 1 unspecified atom stereocenters. The Morgan fingerprint density at radius 2 is 1.92 bits per heavy atom. The van der Waals surface area contributed by atoms with Crippen molar-refractivity contribution in [1.82, 2.24) is 14.8 Å². The number of ether oxygens (including phenoxy) is 2. The minimum absolute atomic E-state index is 0.0145. The van der Waals surface area contributed by atoms with Crippen molar-refractivity contribution in [3.05, 3.63) is 51.1 Å². The first-order valence-corrected chi connectivity index (χ1v) is 13.6. The molecule has 3 rings (SSSR count). The fraction of sp³-hybridized carbons (Fsp3) is 0.375. The highest BCUT2D eigenvalue weighted by Gasteiger charge is 2.27. The minimum Gasteiger partial charge on any atom is -0.481 e. The Morgan fingerprint density at radius 1 is 1.22 bits per heavy atom. The fourth-order valence-corrected chi connectivity index (χ4v) is 5.49. The van der Waals surface area contributed by atoms with E-state index in [1.807, 2.05) is 30.5 Å². The lowest BCUT2D eigenvalue weighted by atomic mass is 10.1. The van der Waals surface area contributed by atoms with Gasteiger partial charge in [0.1, 0.15) is 10.8 Å². The highest BCUT2D eigenvalue weighted by Crippen LogP contribution is 2.34. The topological polar surface area (TPSA) is 138 Å². The number of para-hydroxylation sites is 1. The van der Waals surface area contributed by atoms with E-state index in [9.17, 15) is 14.4 Å². The number of esters is 1. The third-order valence-electron chi connectivity index (χ3n) is 5.07. The molecule has 0 saturated carbocycles. The number of primary amides is 1. The number of rotatable bonds is 11. The second-order valence-corrected chi connectivity index (χ2v) is 10.6. The van der Waals surface area contributed by atoms with Crippen molar-refractivity contribution in [1.29, 1.82) is 0 Å². The summed E-state index contributed by atoms with van der Waals surface area (Å²) in [5.41, 5.74) is 5.94. The van der Waals surface area contributed by atoms with Crippen molar-refractivity contribution in [3.8, 4) is 5.75 Å². The summed E-state index contributed by atoms with van der Waals surface area (Å²) >= 11 is 8.32. The van der Waals surface area contributed by atoms with E-state index >= 15 is 0 Å². The molecule has 3 aromatic rings. The molecule has 3 N–H and O–H groups in total. The van der Waals surface area contributed by atoms with Crippen LogP contribution in [0.2, 0.25) is 5.02 Å². The predicted octanol–water partition coefficient (Wildman–Crippen LogP) is 4.86. The second-order valence-electron chi connectivity index (χ2n) is 8.19. The molecule has 0 aliphatic rings. The first kappa shape index (κ1) is 28.5. The number of hydrogen-bond acceptors (Lipinski definition) is 9. The summed E-state index contributed by atoms with van der Waals surface area (Å²) in [6.45, 7) is 9.35. The van der Waals surface area contributed by atoms with Gasteiger partial charge in [-0.3, -0.25) is 9.59 Å². The van der Waals surface area contributed by atoms with E-state index in [4.69, 9.17) is 26.8 Å². The number of nitrogens with one attached hydrogen (secondary N) is 1. The summed E-state index contributed by atoms with van der Waals surface area (Å²) in [4.78, 5) is 37.4. The number of carbonyl (C=O) groups is 3. The van der Waals surface area contributed by atoms with Crippen molar-refractivity contribution >= 4 is 57.5 Å². The van der Waals surface area contributed by atoms with Gasteiger partial charge in [-0.05, 0) is 52.3 Å². The molecule has 0 radical (unpaired) electrons. The van der Waals surface area contributed by atoms with Gasteiger partial charge in [0.2, 0.25) is 5.91 Å². The van der Waals surface area contributed by atoms with E-state index in [-0.39, 0.29) is 27.3 Å². The Hall–Kier alpha value is -3.09. The molecule has 2 aromatic heterocycles. The zero-order chi connectivity index (χ0) is 27.3. The van der Waals surface area contributed by atoms with Gasteiger partial charge < -0.3 is 25.1 Å². The number of thiophene rings is 1. The van der Waals surface area contributed by atoms with Crippen LogP contribution in [-0.2, 0) is 16.1 Å². The van der Waals surface area contributed by atoms with Crippen LogP contribution < -0.4 is 15.8 Å². The van der Waals surface area contributed by atoms with Crippen molar-refractivity contribution in [2.45, 2.75) is 58.5 Å². The molecule has 0 aliphatic heterocycles. The molecule has 2 heterocycles. The summed E-state index contributed by atoms with van der Waals surface area (Å²) in [5, 5.41) is 12.4. The third kappa shape index (κ3) is 6.82. The van der Waals surface area contributed by atoms with E-state index in [0.717, 1.165) is 11.3 Å². The molecule has 0 saturated heterocycles. The maximum absolute atomic E-state index is 12.8. The predicted molar refractivity (Wildman–Crippen MR) is 144 cm³/mol. The van der Waals surface area contributed by atoms with Gasteiger partial charge in [-0.2, -0.15) is 0 Å².